The number of carbonyl (C=O) groups excluding carboxylic acids is 1. The summed E-state index contributed by atoms with van der Waals surface area (Å²) in [5, 5.41) is 2.13. The minimum atomic E-state index is 0.0611. The third kappa shape index (κ3) is 4.49. The summed E-state index contributed by atoms with van der Waals surface area (Å²) in [6.07, 6.45) is 2.17. The molecule has 0 radical (unpaired) electrons. The van der Waals surface area contributed by atoms with Crippen LogP contribution >= 0.6 is 11.3 Å². The largest absolute Gasteiger partial charge is 0.379 e. The van der Waals surface area contributed by atoms with Gasteiger partial charge in [-0.2, -0.15) is 0 Å². The molecule has 0 bridgehead atoms. The van der Waals surface area contributed by atoms with Crippen LogP contribution in [-0.2, 0) is 9.53 Å². The lowest BCUT2D eigenvalue weighted by molar-refractivity contribution is -0.120. The van der Waals surface area contributed by atoms with Crippen molar-refractivity contribution in [2.24, 2.45) is 10.4 Å². The summed E-state index contributed by atoms with van der Waals surface area (Å²) < 4.78 is 5.48. The predicted octanol–water partition coefficient (Wildman–Crippen LogP) is 3.34. The Morgan fingerprint density at radius 1 is 1.35 bits per heavy atom. The highest BCUT2D eigenvalue weighted by Crippen LogP contribution is 2.33. The molecule has 0 amide bonds. The fourth-order valence-corrected chi connectivity index (χ4v) is 4.44. The first-order valence-corrected chi connectivity index (χ1v) is 9.31. The summed E-state index contributed by atoms with van der Waals surface area (Å²) in [7, 11) is 0. The molecule has 23 heavy (non-hydrogen) atoms. The maximum Gasteiger partial charge on any atom is 0.139 e. The number of thiophene rings is 1. The lowest BCUT2D eigenvalue weighted by Crippen LogP contribution is -2.40. The van der Waals surface area contributed by atoms with Crippen LogP contribution in [0.15, 0.2) is 22.5 Å². The second kappa shape index (κ2) is 7.24. The molecular weight excluding hydrogens is 308 g/mol. The molecule has 0 aromatic carbocycles. The van der Waals surface area contributed by atoms with E-state index in [0.717, 1.165) is 45.0 Å². The first-order valence-electron chi connectivity index (χ1n) is 8.43. The Morgan fingerprint density at radius 2 is 2.13 bits per heavy atom. The molecule has 3 rings (SSSR count). The van der Waals surface area contributed by atoms with E-state index in [0.29, 0.717) is 24.7 Å². The number of hydrogen-bond donors (Lipinski definition) is 0. The zero-order valence-electron chi connectivity index (χ0n) is 14.1. The number of ether oxygens (including phenoxy) is 1. The molecule has 2 aliphatic rings. The number of rotatable bonds is 4. The van der Waals surface area contributed by atoms with Crippen LogP contribution in [0.4, 0.5) is 0 Å². The normalized spacial score (nSPS) is 25.7. The van der Waals surface area contributed by atoms with Crippen molar-refractivity contribution in [2.75, 3.05) is 32.8 Å². The third-order valence-corrected chi connectivity index (χ3v) is 5.58. The minimum absolute atomic E-state index is 0.0611. The number of ketones is 1. The number of aliphatic imine (C=N–C) groups is 1. The standard InChI is InChI=1S/C18H26N2O2S/c1-18(2)11-14(10-15(21)12-18)19-13-16(17-4-3-9-23-17)20-5-7-22-8-6-20/h3-4,9,16H,5-8,10-13H2,1-2H3/t16-/m1/s1. The molecule has 5 heteroatoms. The lowest BCUT2D eigenvalue weighted by Gasteiger charge is -2.34. The molecule has 1 aliphatic carbocycles. The smallest absolute Gasteiger partial charge is 0.139 e. The Bertz CT molecular complexity index is 560. The van der Waals surface area contributed by atoms with Crippen molar-refractivity contribution >= 4 is 22.8 Å². The minimum Gasteiger partial charge on any atom is -0.379 e. The van der Waals surface area contributed by atoms with Crippen molar-refractivity contribution in [3.63, 3.8) is 0 Å². The van der Waals surface area contributed by atoms with Gasteiger partial charge in [0.1, 0.15) is 5.78 Å². The van der Waals surface area contributed by atoms with Crippen molar-refractivity contribution in [3.8, 4) is 0 Å². The second-order valence-electron chi connectivity index (χ2n) is 7.32. The molecule has 126 valence electrons. The number of Topliss-reactive ketones (excluding diaryl/α,β-unsaturated/α-hetero) is 1. The van der Waals surface area contributed by atoms with Gasteiger partial charge in [-0.15, -0.1) is 11.3 Å². The fraction of sp³-hybridized carbons (Fsp3) is 0.667. The van der Waals surface area contributed by atoms with Crippen molar-refractivity contribution in [1.82, 2.24) is 4.90 Å². The third-order valence-electron chi connectivity index (χ3n) is 4.61. The van der Waals surface area contributed by atoms with Crippen LogP contribution in [0.25, 0.3) is 0 Å². The molecule has 2 heterocycles. The second-order valence-corrected chi connectivity index (χ2v) is 8.30. The van der Waals surface area contributed by atoms with Crippen LogP contribution < -0.4 is 0 Å². The molecule has 0 N–H and O–H groups in total. The van der Waals surface area contributed by atoms with Gasteiger partial charge in [-0.05, 0) is 23.3 Å². The molecule has 1 atom stereocenters. The van der Waals surface area contributed by atoms with E-state index in [9.17, 15) is 4.79 Å². The monoisotopic (exact) mass is 334 g/mol. The van der Waals surface area contributed by atoms with Crippen LogP contribution in [-0.4, -0.2) is 49.2 Å². The maximum absolute atomic E-state index is 12.0. The highest BCUT2D eigenvalue weighted by molar-refractivity contribution is 7.10. The van der Waals surface area contributed by atoms with E-state index in [1.807, 2.05) is 0 Å². The van der Waals surface area contributed by atoms with E-state index >= 15 is 0 Å². The first-order chi connectivity index (χ1) is 11.0. The van der Waals surface area contributed by atoms with Gasteiger partial charge in [-0.3, -0.25) is 14.7 Å². The Morgan fingerprint density at radius 3 is 2.78 bits per heavy atom. The van der Waals surface area contributed by atoms with Gasteiger partial charge in [0.2, 0.25) is 0 Å². The van der Waals surface area contributed by atoms with Gasteiger partial charge < -0.3 is 4.74 Å². The topological polar surface area (TPSA) is 41.9 Å². The Hall–Kier alpha value is -1.04. The number of carbonyl (C=O) groups is 1. The van der Waals surface area contributed by atoms with E-state index in [1.165, 1.54) is 4.88 Å². The molecule has 1 aliphatic heterocycles. The number of hydrogen-bond acceptors (Lipinski definition) is 5. The van der Waals surface area contributed by atoms with Crippen molar-refractivity contribution in [1.29, 1.82) is 0 Å². The van der Waals surface area contributed by atoms with E-state index in [1.54, 1.807) is 11.3 Å². The van der Waals surface area contributed by atoms with Gasteiger partial charge in [0.05, 0.1) is 25.8 Å². The fourth-order valence-electron chi connectivity index (χ4n) is 3.58. The van der Waals surface area contributed by atoms with Gasteiger partial charge in [0.15, 0.2) is 0 Å². The molecule has 1 aromatic heterocycles. The SMILES string of the molecule is CC1(C)CC(=O)CC(=NC[C@H](c2cccs2)N2CCOCC2)C1. The van der Waals surface area contributed by atoms with Gasteiger partial charge in [0.25, 0.3) is 0 Å². The van der Waals surface area contributed by atoms with E-state index < -0.39 is 0 Å². The van der Waals surface area contributed by atoms with Crippen LogP contribution in [0, 0.1) is 5.41 Å². The summed E-state index contributed by atoms with van der Waals surface area (Å²) in [5.41, 5.74) is 1.15. The van der Waals surface area contributed by atoms with Gasteiger partial charge in [-0.25, -0.2) is 0 Å². The molecule has 0 unspecified atom stereocenters. The highest BCUT2D eigenvalue weighted by Gasteiger charge is 2.31. The average molecular weight is 334 g/mol. The molecule has 1 saturated carbocycles. The van der Waals surface area contributed by atoms with E-state index in [4.69, 9.17) is 9.73 Å². The van der Waals surface area contributed by atoms with Crippen LogP contribution in [0.3, 0.4) is 0 Å². The Kier molecular flexibility index (Phi) is 5.29. The number of morpholine rings is 1. The predicted molar refractivity (Wildman–Crippen MR) is 94.4 cm³/mol. The zero-order chi connectivity index (χ0) is 16.3. The van der Waals surface area contributed by atoms with Gasteiger partial charge in [-0.1, -0.05) is 19.9 Å². The summed E-state index contributed by atoms with van der Waals surface area (Å²) in [5.74, 6) is 0.332. The molecular formula is C18H26N2O2S. The van der Waals surface area contributed by atoms with E-state index in [-0.39, 0.29) is 5.41 Å². The van der Waals surface area contributed by atoms with Crippen molar-refractivity contribution in [2.45, 2.75) is 39.2 Å². The summed E-state index contributed by atoms with van der Waals surface area (Å²) in [6, 6.07) is 4.61. The van der Waals surface area contributed by atoms with Crippen molar-refractivity contribution < 1.29 is 9.53 Å². The summed E-state index contributed by atoms with van der Waals surface area (Å²) >= 11 is 1.79. The molecule has 4 nitrogen and oxygen atoms in total. The Balaban J connectivity index is 1.73. The van der Waals surface area contributed by atoms with Crippen molar-refractivity contribution in [3.05, 3.63) is 22.4 Å². The zero-order valence-corrected chi connectivity index (χ0v) is 14.9. The number of nitrogens with zero attached hydrogens (tertiary/aromatic N) is 2. The van der Waals surface area contributed by atoms with Crippen LogP contribution in [0.1, 0.15) is 44.0 Å². The Labute approximate surface area is 142 Å². The van der Waals surface area contributed by atoms with Gasteiger partial charge >= 0.3 is 0 Å². The maximum atomic E-state index is 12.0. The molecule has 1 saturated heterocycles. The lowest BCUT2D eigenvalue weighted by atomic mass is 9.76. The van der Waals surface area contributed by atoms with Crippen LogP contribution in [0.2, 0.25) is 0 Å². The molecule has 2 fully saturated rings. The van der Waals surface area contributed by atoms with Gasteiger partial charge in [0, 0.05) is 36.5 Å². The average Bonchev–Trinajstić information content (AvgIpc) is 3.00. The first kappa shape index (κ1) is 16.8. The van der Waals surface area contributed by atoms with E-state index in [2.05, 4.69) is 36.3 Å². The summed E-state index contributed by atoms with van der Waals surface area (Å²) in [4.78, 5) is 20.7. The molecule has 0 spiro atoms. The quantitative estimate of drug-likeness (QED) is 0.848. The summed E-state index contributed by atoms with van der Waals surface area (Å²) in [6.45, 7) is 8.58. The molecule has 1 aromatic rings. The highest BCUT2D eigenvalue weighted by atomic mass is 32.1. The van der Waals surface area contributed by atoms with Crippen LogP contribution in [0.5, 0.6) is 0 Å².